The van der Waals surface area contributed by atoms with E-state index in [4.69, 9.17) is 9.47 Å². The highest BCUT2D eigenvalue weighted by molar-refractivity contribution is 5.90. The SMILES string of the molecule is CC(C(=O)O)c1ccnc2cc3c(cc12)OC(C)(C)C1OC31. The molecule has 3 unspecified atom stereocenters. The van der Waals surface area contributed by atoms with Crippen LogP contribution in [-0.2, 0) is 9.53 Å². The zero-order valence-corrected chi connectivity index (χ0v) is 12.7. The number of epoxide rings is 1. The van der Waals surface area contributed by atoms with Gasteiger partial charge in [-0.25, -0.2) is 0 Å². The van der Waals surface area contributed by atoms with Crippen LogP contribution in [0.5, 0.6) is 5.75 Å². The van der Waals surface area contributed by atoms with Crippen LogP contribution < -0.4 is 4.74 Å². The van der Waals surface area contributed by atoms with Crippen molar-refractivity contribution >= 4 is 16.9 Å². The van der Waals surface area contributed by atoms with E-state index in [1.165, 1.54) is 0 Å². The van der Waals surface area contributed by atoms with Crippen LogP contribution in [0.15, 0.2) is 24.4 Å². The molecule has 1 aromatic heterocycles. The van der Waals surface area contributed by atoms with E-state index < -0.39 is 11.9 Å². The summed E-state index contributed by atoms with van der Waals surface area (Å²) in [5, 5.41) is 10.1. The fourth-order valence-corrected chi connectivity index (χ4v) is 3.25. The van der Waals surface area contributed by atoms with Gasteiger partial charge in [-0.15, -0.1) is 0 Å². The van der Waals surface area contributed by atoms with Crippen molar-refractivity contribution in [2.24, 2.45) is 0 Å². The zero-order valence-electron chi connectivity index (χ0n) is 12.7. The maximum atomic E-state index is 11.3. The summed E-state index contributed by atoms with van der Waals surface area (Å²) in [5.74, 6) is -0.676. The summed E-state index contributed by atoms with van der Waals surface area (Å²) in [6.07, 6.45) is 1.80. The summed E-state index contributed by atoms with van der Waals surface area (Å²) >= 11 is 0. The number of carbonyl (C=O) groups is 1. The van der Waals surface area contributed by atoms with E-state index in [9.17, 15) is 9.90 Å². The summed E-state index contributed by atoms with van der Waals surface area (Å²) in [4.78, 5) is 15.7. The summed E-state index contributed by atoms with van der Waals surface area (Å²) < 4.78 is 11.8. The number of aromatic nitrogens is 1. The zero-order chi connectivity index (χ0) is 15.6. The molecule has 2 aromatic rings. The van der Waals surface area contributed by atoms with Gasteiger partial charge in [-0.1, -0.05) is 0 Å². The number of nitrogens with zero attached hydrogens (tertiary/aromatic N) is 1. The molecule has 2 aliphatic rings. The van der Waals surface area contributed by atoms with Gasteiger partial charge in [-0.3, -0.25) is 9.78 Å². The van der Waals surface area contributed by atoms with Gasteiger partial charge in [0, 0.05) is 17.1 Å². The Morgan fingerprint density at radius 1 is 1.41 bits per heavy atom. The van der Waals surface area contributed by atoms with Crippen LogP contribution in [0.4, 0.5) is 0 Å². The van der Waals surface area contributed by atoms with Gasteiger partial charge in [0.2, 0.25) is 0 Å². The van der Waals surface area contributed by atoms with Crippen molar-refractivity contribution in [3.05, 3.63) is 35.5 Å². The smallest absolute Gasteiger partial charge is 0.310 e. The largest absolute Gasteiger partial charge is 0.485 e. The highest BCUT2D eigenvalue weighted by Gasteiger charge is 2.56. The molecule has 0 saturated carbocycles. The van der Waals surface area contributed by atoms with Crippen molar-refractivity contribution < 1.29 is 19.4 Å². The first kappa shape index (κ1) is 13.5. The molecule has 1 fully saturated rings. The Balaban J connectivity index is 1.91. The molecule has 3 heterocycles. The van der Waals surface area contributed by atoms with E-state index in [2.05, 4.69) is 4.98 Å². The van der Waals surface area contributed by atoms with Gasteiger partial charge >= 0.3 is 5.97 Å². The average molecular weight is 299 g/mol. The number of hydrogen-bond donors (Lipinski definition) is 1. The number of fused-ring (bicyclic) bond motifs is 4. The minimum absolute atomic E-state index is 0.0607. The number of carboxylic acids is 1. The molecule has 1 aromatic carbocycles. The predicted molar refractivity (Wildman–Crippen MR) is 80.1 cm³/mol. The Labute approximate surface area is 127 Å². The second kappa shape index (κ2) is 4.20. The van der Waals surface area contributed by atoms with Crippen LogP contribution in [0.2, 0.25) is 0 Å². The van der Waals surface area contributed by atoms with E-state index in [1.54, 1.807) is 19.2 Å². The second-order valence-electron chi connectivity index (χ2n) is 6.55. The van der Waals surface area contributed by atoms with Crippen LogP contribution in [0.3, 0.4) is 0 Å². The van der Waals surface area contributed by atoms with Crippen molar-refractivity contribution in [1.82, 2.24) is 4.98 Å². The summed E-state index contributed by atoms with van der Waals surface area (Å²) in [7, 11) is 0. The lowest BCUT2D eigenvalue weighted by Crippen LogP contribution is -2.37. The predicted octanol–water partition coefficient (Wildman–Crippen LogP) is 3.03. The number of benzene rings is 1. The number of aliphatic carboxylic acids is 1. The third-order valence-corrected chi connectivity index (χ3v) is 4.60. The molecule has 0 aliphatic carbocycles. The van der Waals surface area contributed by atoms with Crippen molar-refractivity contribution in [2.75, 3.05) is 0 Å². The standard InChI is InChI=1S/C17H17NO4/c1-8(16(19)20)9-4-5-18-12-6-11-13(7-10(9)12)22-17(2,3)15-14(11)21-15/h4-8,14-15H,1-3H3,(H,19,20). The van der Waals surface area contributed by atoms with Crippen molar-refractivity contribution in [3.63, 3.8) is 0 Å². The van der Waals surface area contributed by atoms with Crippen LogP contribution in [0.1, 0.15) is 43.9 Å². The molecule has 3 atom stereocenters. The topological polar surface area (TPSA) is 72.0 Å². The molecule has 0 radical (unpaired) electrons. The normalized spacial score (nSPS) is 25.8. The molecular weight excluding hydrogens is 282 g/mol. The minimum atomic E-state index is -0.850. The first-order chi connectivity index (χ1) is 10.4. The highest BCUT2D eigenvalue weighted by Crippen LogP contribution is 2.54. The average Bonchev–Trinajstić information content (AvgIpc) is 3.25. The quantitative estimate of drug-likeness (QED) is 0.863. The molecular formula is C17H17NO4. The van der Waals surface area contributed by atoms with Crippen LogP contribution in [-0.4, -0.2) is 27.8 Å². The lowest BCUT2D eigenvalue weighted by molar-refractivity contribution is -0.138. The lowest BCUT2D eigenvalue weighted by atomic mass is 9.91. The van der Waals surface area contributed by atoms with Crippen molar-refractivity contribution in [1.29, 1.82) is 0 Å². The second-order valence-corrected chi connectivity index (χ2v) is 6.55. The van der Waals surface area contributed by atoms with E-state index in [1.807, 2.05) is 26.0 Å². The molecule has 114 valence electrons. The molecule has 5 nitrogen and oxygen atoms in total. The molecule has 0 bridgehead atoms. The molecule has 0 amide bonds. The number of pyridine rings is 1. The number of ether oxygens (including phenoxy) is 2. The molecule has 1 saturated heterocycles. The Morgan fingerprint density at radius 3 is 2.91 bits per heavy atom. The summed E-state index contributed by atoms with van der Waals surface area (Å²) in [5.41, 5.74) is 2.17. The van der Waals surface area contributed by atoms with Crippen LogP contribution in [0, 0.1) is 0 Å². The summed E-state index contributed by atoms with van der Waals surface area (Å²) in [6.45, 7) is 5.70. The van der Waals surface area contributed by atoms with Crippen molar-refractivity contribution in [3.8, 4) is 5.75 Å². The summed E-state index contributed by atoms with van der Waals surface area (Å²) in [6, 6.07) is 5.63. The molecule has 0 spiro atoms. The van der Waals surface area contributed by atoms with Crippen LogP contribution >= 0.6 is 0 Å². The van der Waals surface area contributed by atoms with E-state index in [-0.39, 0.29) is 17.8 Å². The first-order valence-electron chi connectivity index (χ1n) is 7.38. The highest BCUT2D eigenvalue weighted by atomic mass is 16.6. The first-order valence-corrected chi connectivity index (χ1v) is 7.38. The fourth-order valence-electron chi connectivity index (χ4n) is 3.25. The molecule has 4 rings (SSSR count). The van der Waals surface area contributed by atoms with Gasteiger partial charge in [-0.05, 0) is 44.5 Å². The van der Waals surface area contributed by atoms with Gasteiger partial charge < -0.3 is 14.6 Å². The van der Waals surface area contributed by atoms with E-state index >= 15 is 0 Å². The number of carboxylic acid groups (broad SMARTS) is 1. The molecule has 2 aliphatic heterocycles. The third-order valence-electron chi connectivity index (χ3n) is 4.60. The Hall–Kier alpha value is -2.14. The van der Waals surface area contributed by atoms with Gasteiger partial charge in [0.25, 0.3) is 0 Å². The van der Waals surface area contributed by atoms with Crippen molar-refractivity contribution in [2.45, 2.75) is 44.5 Å². The lowest BCUT2D eigenvalue weighted by Gasteiger charge is -2.30. The molecule has 5 heteroatoms. The van der Waals surface area contributed by atoms with E-state index in [0.29, 0.717) is 0 Å². The van der Waals surface area contributed by atoms with Crippen LogP contribution in [0.25, 0.3) is 10.9 Å². The Kier molecular flexibility index (Phi) is 2.58. The van der Waals surface area contributed by atoms with E-state index in [0.717, 1.165) is 27.8 Å². The monoisotopic (exact) mass is 299 g/mol. The minimum Gasteiger partial charge on any atom is -0.485 e. The number of hydrogen-bond acceptors (Lipinski definition) is 4. The number of rotatable bonds is 2. The maximum absolute atomic E-state index is 11.3. The fraction of sp³-hybridized carbons (Fsp3) is 0.412. The Bertz CT molecular complexity index is 799. The third kappa shape index (κ3) is 1.82. The molecule has 1 N–H and O–H groups in total. The van der Waals surface area contributed by atoms with Gasteiger partial charge in [0.1, 0.15) is 23.6 Å². The van der Waals surface area contributed by atoms with Gasteiger partial charge in [0.15, 0.2) is 0 Å². The van der Waals surface area contributed by atoms with Gasteiger partial charge in [-0.2, -0.15) is 0 Å². The van der Waals surface area contributed by atoms with Gasteiger partial charge in [0.05, 0.1) is 11.4 Å². The Morgan fingerprint density at radius 2 is 2.18 bits per heavy atom. The maximum Gasteiger partial charge on any atom is 0.310 e. The molecule has 22 heavy (non-hydrogen) atoms.